The van der Waals surface area contributed by atoms with Crippen LogP contribution < -0.4 is 0 Å². The molecule has 0 atom stereocenters. The molecule has 1 aromatic heterocycles. The van der Waals surface area contributed by atoms with E-state index in [9.17, 15) is 13.2 Å². The van der Waals surface area contributed by atoms with Crippen LogP contribution in [-0.4, -0.2) is 4.98 Å². The normalized spacial score (nSPS) is 9.27. The first-order chi connectivity index (χ1) is 5.15. The molecular weight excluding hydrogens is 157 g/mol. The van der Waals surface area contributed by atoms with Crippen molar-refractivity contribution in [3.8, 4) is 6.07 Å². The molecule has 0 aliphatic rings. The maximum Gasteiger partial charge on any atom is 0.253 e. The predicted octanol–water partition coefficient (Wildman–Crippen LogP) is 1.17. The van der Waals surface area contributed by atoms with Gasteiger partial charge in [-0.15, -0.1) is 0 Å². The lowest BCUT2D eigenvalue weighted by Crippen LogP contribution is -1.97. The molecule has 0 aliphatic heterocycles. The van der Waals surface area contributed by atoms with Gasteiger partial charge in [0.15, 0.2) is 5.82 Å². The van der Waals surface area contributed by atoms with E-state index in [0.717, 1.165) is 0 Å². The number of halogens is 3. The summed E-state index contributed by atoms with van der Waals surface area (Å²) in [4.78, 5) is 2.47. The molecule has 5 heteroatoms. The van der Waals surface area contributed by atoms with Gasteiger partial charge in [0.2, 0.25) is 5.95 Å². The molecule has 0 aliphatic carbocycles. The van der Waals surface area contributed by atoms with E-state index >= 15 is 0 Å². The van der Waals surface area contributed by atoms with Gasteiger partial charge in [-0.2, -0.15) is 19.0 Å². The Morgan fingerprint density at radius 2 is 2.00 bits per heavy atom. The van der Waals surface area contributed by atoms with Crippen molar-refractivity contribution < 1.29 is 13.2 Å². The monoisotopic (exact) mass is 157 g/mol. The fourth-order valence-corrected chi connectivity index (χ4v) is 0.501. The van der Waals surface area contributed by atoms with Gasteiger partial charge in [0.25, 0.3) is 5.95 Å². The Morgan fingerprint density at radius 3 is 2.55 bits per heavy atom. The number of rotatable bonds is 0. The quantitative estimate of drug-likeness (QED) is 0.530. The van der Waals surface area contributed by atoms with Crippen LogP contribution in [0, 0.1) is 35.1 Å². The van der Waals surface area contributed by atoms with Crippen molar-refractivity contribution >= 4 is 0 Å². The Labute approximate surface area is 59.9 Å². The van der Waals surface area contributed by atoms with Crippen molar-refractivity contribution in [3.05, 3.63) is 29.3 Å². The molecule has 0 fully saturated rings. The van der Waals surface area contributed by atoms with Crippen LogP contribution in [0.15, 0.2) is 0 Å². The first kappa shape index (κ1) is 7.54. The second-order valence-electron chi connectivity index (χ2n) is 1.62. The Hall–Kier alpha value is -1.57. The van der Waals surface area contributed by atoms with Crippen LogP contribution in [0.1, 0.15) is 5.56 Å². The molecule has 0 spiro atoms. The molecule has 0 aromatic carbocycles. The number of hydrogen-bond acceptors (Lipinski definition) is 2. The zero-order chi connectivity index (χ0) is 8.43. The van der Waals surface area contributed by atoms with Crippen molar-refractivity contribution in [1.82, 2.24) is 4.98 Å². The average Bonchev–Trinajstić information content (AvgIpc) is 1.96. The van der Waals surface area contributed by atoms with E-state index in [-0.39, 0.29) is 0 Å². The lowest BCUT2D eigenvalue weighted by molar-refractivity contribution is 0.444. The third kappa shape index (κ3) is 1.29. The molecule has 0 saturated heterocycles. The summed E-state index contributed by atoms with van der Waals surface area (Å²) >= 11 is 0. The van der Waals surface area contributed by atoms with E-state index in [1.54, 1.807) is 6.07 Å². The Morgan fingerprint density at radius 1 is 1.36 bits per heavy atom. The summed E-state index contributed by atoms with van der Waals surface area (Å²) in [5.74, 6) is -4.44. The molecule has 0 amide bonds. The maximum atomic E-state index is 12.3. The molecule has 1 radical (unpaired) electrons. The van der Waals surface area contributed by atoms with Gasteiger partial charge in [-0.25, -0.2) is 4.39 Å². The summed E-state index contributed by atoms with van der Waals surface area (Å²) in [5, 5.41) is 8.08. The third-order valence-corrected chi connectivity index (χ3v) is 0.937. The van der Waals surface area contributed by atoms with E-state index in [1.807, 2.05) is 0 Å². The standard InChI is InChI=1S/C6F3N2/c7-4-1-3(2-10)5(8)6(9)11-4. The number of aromatic nitrogens is 1. The smallest absolute Gasteiger partial charge is 0.200 e. The Bertz CT molecular complexity index is 329. The molecule has 2 nitrogen and oxygen atoms in total. The van der Waals surface area contributed by atoms with Crippen LogP contribution in [0.3, 0.4) is 0 Å². The zero-order valence-electron chi connectivity index (χ0n) is 5.03. The summed E-state index contributed by atoms with van der Waals surface area (Å²) in [6, 6.07) is 2.84. The van der Waals surface area contributed by atoms with Crippen LogP contribution in [0.25, 0.3) is 0 Å². The highest BCUT2D eigenvalue weighted by Gasteiger charge is 2.11. The van der Waals surface area contributed by atoms with Crippen LogP contribution in [0.5, 0.6) is 0 Å². The second kappa shape index (κ2) is 2.58. The first-order valence-electron chi connectivity index (χ1n) is 2.49. The first-order valence-corrected chi connectivity index (χ1v) is 2.49. The van der Waals surface area contributed by atoms with Gasteiger partial charge in [-0.3, -0.25) is 0 Å². The van der Waals surface area contributed by atoms with Crippen LogP contribution in [-0.2, 0) is 0 Å². The van der Waals surface area contributed by atoms with Crippen molar-refractivity contribution in [2.24, 2.45) is 0 Å². The highest BCUT2D eigenvalue weighted by atomic mass is 19.2. The molecule has 0 N–H and O–H groups in total. The molecular formula is C6F3N2. The van der Waals surface area contributed by atoms with E-state index in [0.29, 0.717) is 0 Å². The number of hydrogen-bond donors (Lipinski definition) is 0. The van der Waals surface area contributed by atoms with Gasteiger partial charge >= 0.3 is 0 Å². The SMILES string of the molecule is N#Cc1[c]c(F)nc(F)c1F. The highest BCUT2D eigenvalue weighted by molar-refractivity contribution is 5.26. The van der Waals surface area contributed by atoms with Gasteiger partial charge in [-0.05, 0) is 0 Å². The van der Waals surface area contributed by atoms with E-state index in [4.69, 9.17) is 5.26 Å². The lowest BCUT2D eigenvalue weighted by atomic mass is 10.3. The maximum absolute atomic E-state index is 12.3. The molecule has 1 heterocycles. The van der Waals surface area contributed by atoms with Gasteiger partial charge in [0.05, 0.1) is 6.07 Å². The second-order valence-corrected chi connectivity index (χ2v) is 1.62. The van der Waals surface area contributed by atoms with E-state index in [1.165, 1.54) is 6.07 Å². The minimum Gasteiger partial charge on any atom is -0.200 e. The van der Waals surface area contributed by atoms with Gasteiger partial charge in [0, 0.05) is 0 Å². The van der Waals surface area contributed by atoms with Crippen molar-refractivity contribution in [1.29, 1.82) is 5.26 Å². The Kier molecular flexibility index (Phi) is 1.77. The van der Waals surface area contributed by atoms with E-state index < -0.39 is 23.3 Å². The summed E-state index contributed by atoms with van der Waals surface area (Å²) < 4.78 is 36.5. The minimum absolute atomic E-state index is 0.810. The number of pyridine rings is 1. The molecule has 1 rings (SSSR count). The topological polar surface area (TPSA) is 36.7 Å². The lowest BCUT2D eigenvalue weighted by Gasteiger charge is -1.92. The molecule has 11 heavy (non-hydrogen) atoms. The minimum atomic E-state index is -1.63. The molecule has 55 valence electrons. The molecule has 0 bridgehead atoms. The number of nitriles is 1. The average molecular weight is 157 g/mol. The van der Waals surface area contributed by atoms with Crippen LogP contribution in [0.4, 0.5) is 13.2 Å². The number of nitrogens with zero attached hydrogens (tertiary/aromatic N) is 2. The Balaban J connectivity index is 3.39. The van der Waals surface area contributed by atoms with Crippen LogP contribution >= 0.6 is 0 Å². The fourth-order valence-electron chi connectivity index (χ4n) is 0.501. The third-order valence-electron chi connectivity index (χ3n) is 0.937. The highest BCUT2D eigenvalue weighted by Crippen LogP contribution is 2.08. The van der Waals surface area contributed by atoms with Crippen molar-refractivity contribution in [2.45, 2.75) is 0 Å². The fraction of sp³-hybridized carbons (Fsp3) is 0. The summed E-state index contributed by atoms with van der Waals surface area (Å²) in [7, 11) is 0. The van der Waals surface area contributed by atoms with Gasteiger partial charge in [0.1, 0.15) is 11.6 Å². The summed E-state index contributed by atoms with van der Waals surface area (Å²) in [5.41, 5.74) is -0.810. The predicted molar refractivity (Wildman–Crippen MR) is 27.7 cm³/mol. The summed E-state index contributed by atoms with van der Waals surface area (Å²) in [6.07, 6.45) is 0. The van der Waals surface area contributed by atoms with Crippen LogP contribution in [0.2, 0.25) is 0 Å². The van der Waals surface area contributed by atoms with Gasteiger partial charge in [-0.1, -0.05) is 0 Å². The van der Waals surface area contributed by atoms with Crippen molar-refractivity contribution in [2.75, 3.05) is 0 Å². The molecule has 0 saturated carbocycles. The molecule has 0 unspecified atom stereocenters. The van der Waals surface area contributed by atoms with Crippen molar-refractivity contribution in [3.63, 3.8) is 0 Å². The largest absolute Gasteiger partial charge is 0.253 e. The zero-order valence-corrected chi connectivity index (χ0v) is 5.03. The van der Waals surface area contributed by atoms with Gasteiger partial charge < -0.3 is 0 Å². The van der Waals surface area contributed by atoms with E-state index in [2.05, 4.69) is 4.98 Å². The molecule has 1 aromatic rings. The summed E-state index contributed by atoms with van der Waals surface area (Å²) in [6.45, 7) is 0.